The minimum Gasteiger partial charge on any atom is -0.489 e. The van der Waals surface area contributed by atoms with Crippen molar-refractivity contribution in [2.24, 2.45) is 0 Å². The van der Waals surface area contributed by atoms with Gasteiger partial charge in [-0.05, 0) is 36.2 Å². The van der Waals surface area contributed by atoms with Crippen LogP contribution in [0, 0.1) is 6.92 Å². The summed E-state index contributed by atoms with van der Waals surface area (Å²) in [6, 6.07) is 12.7. The average Bonchev–Trinajstić information content (AvgIpc) is 2.89. The number of piperazine rings is 1. The summed E-state index contributed by atoms with van der Waals surface area (Å²) in [4.78, 5) is 4.96. The highest BCUT2D eigenvalue weighted by Crippen LogP contribution is 2.38. The third kappa shape index (κ3) is 3.76. The Morgan fingerprint density at radius 3 is 2.58 bits per heavy atom. The van der Waals surface area contributed by atoms with E-state index in [4.69, 9.17) is 21.1 Å². The lowest BCUT2D eigenvalue weighted by molar-refractivity contribution is 0.249. The molecule has 0 unspecified atom stereocenters. The Kier molecular flexibility index (Phi) is 5.23. The quantitative estimate of drug-likeness (QED) is 0.808. The molecule has 4 nitrogen and oxygen atoms in total. The van der Waals surface area contributed by atoms with Gasteiger partial charge >= 0.3 is 0 Å². The lowest BCUT2D eigenvalue weighted by atomic mass is 10.1. The summed E-state index contributed by atoms with van der Waals surface area (Å²) in [5.74, 6) is 1.47. The Balaban J connectivity index is 1.41. The summed E-state index contributed by atoms with van der Waals surface area (Å²) in [6.45, 7) is 8.58. The van der Waals surface area contributed by atoms with Crippen LogP contribution in [-0.4, -0.2) is 44.3 Å². The molecule has 0 bridgehead atoms. The van der Waals surface area contributed by atoms with Crippen molar-refractivity contribution in [1.29, 1.82) is 0 Å². The highest BCUT2D eigenvalue weighted by Gasteiger charge is 2.20. The highest BCUT2D eigenvalue weighted by atomic mass is 35.5. The molecule has 2 aromatic rings. The van der Waals surface area contributed by atoms with Gasteiger partial charge in [-0.1, -0.05) is 29.8 Å². The van der Waals surface area contributed by atoms with Gasteiger partial charge in [0, 0.05) is 44.8 Å². The molecule has 2 heterocycles. The second-order valence-electron chi connectivity index (χ2n) is 7.01. The van der Waals surface area contributed by atoms with E-state index in [0.29, 0.717) is 24.0 Å². The number of aryl methyl sites for hydroxylation is 1. The van der Waals surface area contributed by atoms with Crippen LogP contribution in [0.2, 0.25) is 5.02 Å². The molecule has 0 radical (unpaired) electrons. The van der Waals surface area contributed by atoms with Crippen LogP contribution in [0.4, 0.5) is 5.69 Å². The largest absolute Gasteiger partial charge is 0.489 e. The number of anilines is 1. The molecule has 0 spiro atoms. The first-order valence-corrected chi connectivity index (χ1v) is 9.69. The van der Waals surface area contributed by atoms with Gasteiger partial charge in [0.25, 0.3) is 0 Å². The van der Waals surface area contributed by atoms with Gasteiger partial charge in [0.2, 0.25) is 0 Å². The number of fused-ring (bicyclic) bond motifs is 1. The van der Waals surface area contributed by atoms with Crippen molar-refractivity contribution < 1.29 is 9.47 Å². The molecule has 138 valence electrons. The number of benzene rings is 2. The first kappa shape index (κ1) is 17.5. The standard InChI is InChI=1S/C21H25ClN2O2/c1-16-5-2-3-6-19(16)24-9-7-23(8-10-24)15-17-13-18(22)21-20(14-17)25-11-4-12-26-21/h2-3,5-6,13-14H,4,7-12,15H2,1H3. The minimum absolute atomic E-state index is 0.651. The van der Waals surface area contributed by atoms with E-state index in [1.807, 2.05) is 6.07 Å². The number of hydrogen-bond donors (Lipinski definition) is 0. The molecule has 0 aromatic heterocycles. The van der Waals surface area contributed by atoms with Gasteiger partial charge in [-0.3, -0.25) is 4.90 Å². The molecule has 26 heavy (non-hydrogen) atoms. The van der Waals surface area contributed by atoms with E-state index < -0.39 is 0 Å². The summed E-state index contributed by atoms with van der Waals surface area (Å²) < 4.78 is 11.5. The van der Waals surface area contributed by atoms with E-state index in [0.717, 1.165) is 44.9 Å². The third-order valence-electron chi connectivity index (χ3n) is 5.10. The fraction of sp³-hybridized carbons (Fsp3) is 0.429. The zero-order valence-corrected chi connectivity index (χ0v) is 16.0. The maximum Gasteiger partial charge on any atom is 0.179 e. The Morgan fingerprint density at radius 2 is 1.77 bits per heavy atom. The number of nitrogens with zero attached hydrogens (tertiary/aromatic N) is 2. The second kappa shape index (κ2) is 7.77. The van der Waals surface area contributed by atoms with Crippen LogP contribution in [0.25, 0.3) is 0 Å². The monoisotopic (exact) mass is 372 g/mol. The van der Waals surface area contributed by atoms with Crippen molar-refractivity contribution in [2.75, 3.05) is 44.3 Å². The molecule has 5 heteroatoms. The lowest BCUT2D eigenvalue weighted by Crippen LogP contribution is -2.46. The number of halogens is 1. The van der Waals surface area contributed by atoms with Crippen LogP contribution >= 0.6 is 11.6 Å². The summed E-state index contributed by atoms with van der Waals surface area (Å²) in [6.07, 6.45) is 0.890. The van der Waals surface area contributed by atoms with E-state index in [-0.39, 0.29) is 0 Å². The van der Waals surface area contributed by atoms with Crippen molar-refractivity contribution in [3.63, 3.8) is 0 Å². The molecular weight excluding hydrogens is 348 g/mol. The maximum absolute atomic E-state index is 6.43. The van der Waals surface area contributed by atoms with Gasteiger partial charge in [0.15, 0.2) is 11.5 Å². The van der Waals surface area contributed by atoms with Gasteiger partial charge in [-0.25, -0.2) is 0 Å². The third-order valence-corrected chi connectivity index (χ3v) is 5.38. The van der Waals surface area contributed by atoms with Crippen molar-refractivity contribution in [1.82, 2.24) is 4.90 Å². The van der Waals surface area contributed by atoms with Gasteiger partial charge in [0.1, 0.15) is 0 Å². The van der Waals surface area contributed by atoms with Gasteiger partial charge in [-0.15, -0.1) is 0 Å². The molecule has 4 rings (SSSR count). The van der Waals surface area contributed by atoms with Gasteiger partial charge in [-0.2, -0.15) is 0 Å². The van der Waals surface area contributed by atoms with E-state index in [1.54, 1.807) is 0 Å². The van der Waals surface area contributed by atoms with E-state index >= 15 is 0 Å². The first-order valence-electron chi connectivity index (χ1n) is 9.31. The second-order valence-corrected chi connectivity index (χ2v) is 7.41. The van der Waals surface area contributed by atoms with Crippen molar-refractivity contribution in [3.8, 4) is 11.5 Å². The molecule has 0 aliphatic carbocycles. The first-order chi connectivity index (χ1) is 12.7. The smallest absolute Gasteiger partial charge is 0.179 e. The zero-order valence-electron chi connectivity index (χ0n) is 15.2. The molecule has 2 aliphatic rings. The maximum atomic E-state index is 6.43. The predicted octanol–water partition coefficient (Wildman–Crippen LogP) is 4.13. The fourth-order valence-corrected chi connectivity index (χ4v) is 3.99. The number of rotatable bonds is 3. The number of para-hydroxylation sites is 1. The topological polar surface area (TPSA) is 24.9 Å². The van der Waals surface area contributed by atoms with Crippen LogP contribution < -0.4 is 14.4 Å². The molecule has 1 fully saturated rings. The summed E-state index contributed by atoms with van der Waals surface area (Å²) in [5, 5.41) is 0.651. The predicted molar refractivity (Wildman–Crippen MR) is 106 cm³/mol. The normalized spacial score (nSPS) is 17.8. The summed E-state index contributed by atoms with van der Waals surface area (Å²) in [7, 11) is 0. The van der Waals surface area contributed by atoms with Crippen LogP contribution in [0.1, 0.15) is 17.5 Å². The zero-order chi connectivity index (χ0) is 17.9. The Labute approximate surface area is 160 Å². The van der Waals surface area contributed by atoms with Crippen LogP contribution in [0.5, 0.6) is 11.5 Å². The van der Waals surface area contributed by atoms with E-state index in [1.165, 1.54) is 16.8 Å². The molecule has 0 saturated carbocycles. The minimum atomic E-state index is 0.651. The van der Waals surface area contributed by atoms with E-state index in [9.17, 15) is 0 Å². The molecule has 0 N–H and O–H groups in total. The molecule has 2 aliphatic heterocycles. The fourth-order valence-electron chi connectivity index (χ4n) is 3.70. The molecular formula is C21H25ClN2O2. The van der Waals surface area contributed by atoms with E-state index in [2.05, 4.69) is 47.1 Å². The molecule has 0 amide bonds. The molecule has 2 aromatic carbocycles. The summed E-state index contributed by atoms with van der Waals surface area (Å²) in [5.41, 5.74) is 3.88. The molecule has 0 atom stereocenters. The Bertz CT molecular complexity index is 773. The van der Waals surface area contributed by atoms with Crippen molar-refractivity contribution in [2.45, 2.75) is 19.9 Å². The molecule has 1 saturated heterocycles. The van der Waals surface area contributed by atoms with Crippen LogP contribution in [0.15, 0.2) is 36.4 Å². The van der Waals surface area contributed by atoms with Gasteiger partial charge < -0.3 is 14.4 Å². The lowest BCUT2D eigenvalue weighted by Gasteiger charge is -2.37. The van der Waals surface area contributed by atoms with Crippen LogP contribution in [0.3, 0.4) is 0 Å². The highest BCUT2D eigenvalue weighted by molar-refractivity contribution is 6.32. The number of hydrogen-bond acceptors (Lipinski definition) is 4. The Hall–Kier alpha value is -1.91. The number of ether oxygens (including phenoxy) is 2. The average molecular weight is 373 g/mol. The van der Waals surface area contributed by atoms with Crippen molar-refractivity contribution in [3.05, 3.63) is 52.5 Å². The van der Waals surface area contributed by atoms with Gasteiger partial charge in [0.05, 0.1) is 18.2 Å². The van der Waals surface area contributed by atoms with Crippen molar-refractivity contribution >= 4 is 17.3 Å². The SMILES string of the molecule is Cc1ccccc1N1CCN(Cc2cc(Cl)c3c(c2)OCCCO3)CC1. The Morgan fingerprint density at radius 1 is 1.00 bits per heavy atom. The van der Waals surface area contributed by atoms with Crippen LogP contribution in [-0.2, 0) is 6.54 Å². The summed E-state index contributed by atoms with van der Waals surface area (Å²) >= 11 is 6.43.